The second-order valence-electron chi connectivity index (χ2n) is 6.36. The Labute approximate surface area is 143 Å². The van der Waals surface area contributed by atoms with Gasteiger partial charge < -0.3 is 10.2 Å². The number of likely N-dealkylation sites (tertiary alicyclic amines) is 1. The molecule has 1 amide bonds. The van der Waals surface area contributed by atoms with Gasteiger partial charge in [0.15, 0.2) is 0 Å². The molecule has 126 valence electrons. The van der Waals surface area contributed by atoms with Crippen LogP contribution >= 0.6 is 0 Å². The molecule has 0 radical (unpaired) electrons. The molecule has 2 aromatic heterocycles. The molecule has 1 N–H and O–H groups in total. The normalized spacial score (nSPS) is 18.3. The fraction of sp³-hybridized carbons (Fsp3) is 0.421. The number of anilines is 1. The summed E-state index contributed by atoms with van der Waals surface area (Å²) in [5.41, 5.74) is 2.02. The Morgan fingerprint density at radius 3 is 3.00 bits per heavy atom. The maximum absolute atomic E-state index is 12.5. The van der Waals surface area contributed by atoms with Gasteiger partial charge in [-0.3, -0.25) is 9.78 Å². The zero-order valence-electron chi connectivity index (χ0n) is 14.1. The first-order valence-corrected chi connectivity index (χ1v) is 8.57. The highest BCUT2D eigenvalue weighted by Crippen LogP contribution is 2.18. The first-order valence-electron chi connectivity index (χ1n) is 8.57. The van der Waals surface area contributed by atoms with Crippen LogP contribution in [0.15, 0.2) is 42.6 Å². The van der Waals surface area contributed by atoms with E-state index in [1.165, 1.54) is 0 Å². The number of aryl methyl sites for hydroxylation is 1. The Hall–Kier alpha value is -2.27. The largest absolute Gasteiger partial charge is 0.310 e. The van der Waals surface area contributed by atoms with Gasteiger partial charge in [-0.1, -0.05) is 12.1 Å². The minimum absolute atomic E-state index is 0.0322. The lowest BCUT2D eigenvalue weighted by Gasteiger charge is -2.31. The van der Waals surface area contributed by atoms with Crippen LogP contribution in [0.4, 0.5) is 5.82 Å². The molecule has 1 aliphatic rings. The van der Waals surface area contributed by atoms with Crippen LogP contribution in [0.3, 0.4) is 0 Å². The maximum atomic E-state index is 12.5. The number of amides is 1. The van der Waals surface area contributed by atoms with E-state index in [0.717, 1.165) is 50.3 Å². The lowest BCUT2D eigenvalue weighted by Crippen LogP contribution is -2.41. The Morgan fingerprint density at radius 1 is 1.29 bits per heavy atom. The van der Waals surface area contributed by atoms with Crippen molar-refractivity contribution in [2.75, 3.05) is 25.0 Å². The minimum atomic E-state index is 0.0322. The van der Waals surface area contributed by atoms with Gasteiger partial charge in [0.1, 0.15) is 5.82 Å². The van der Waals surface area contributed by atoms with Gasteiger partial charge in [0.2, 0.25) is 5.91 Å². The fourth-order valence-corrected chi connectivity index (χ4v) is 3.13. The highest BCUT2D eigenvalue weighted by atomic mass is 16.2. The molecule has 1 fully saturated rings. The van der Waals surface area contributed by atoms with Crippen LogP contribution in [-0.2, 0) is 11.2 Å². The lowest BCUT2D eigenvalue weighted by atomic mass is 9.97. The molecule has 0 spiro atoms. The summed E-state index contributed by atoms with van der Waals surface area (Å²) in [6.45, 7) is 4.74. The van der Waals surface area contributed by atoms with Crippen LogP contribution < -0.4 is 5.32 Å². The number of carbonyl (C=O) groups excluding carboxylic acids is 1. The molecule has 2 aromatic rings. The van der Waals surface area contributed by atoms with Gasteiger partial charge >= 0.3 is 0 Å². The topological polar surface area (TPSA) is 58.1 Å². The number of hydrogen-bond donors (Lipinski definition) is 1. The van der Waals surface area contributed by atoms with E-state index < -0.39 is 0 Å². The molecule has 3 rings (SSSR count). The lowest BCUT2D eigenvalue weighted by molar-refractivity contribution is -0.121. The monoisotopic (exact) mass is 324 g/mol. The summed E-state index contributed by atoms with van der Waals surface area (Å²) in [7, 11) is 0. The molecule has 1 aliphatic heterocycles. The molecular weight excluding hydrogens is 300 g/mol. The Kier molecular flexibility index (Phi) is 5.54. The van der Waals surface area contributed by atoms with E-state index in [1.807, 2.05) is 43.5 Å². The standard InChI is InChI=1S/C19H24N4O/c1-15-6-4-9-18(21-15)22-19(24)16-7-5-12-23(14-16)13-10-17-8-2-3-11-20-17/h2-4,6,8-9,11,16H,5,7,10,12-14H2,1H3,(H,21,22,24)/t16-/m0/s1. The van der Waals surface area contributed by atoms with E-state index in [4.69, 9.17) is 0 Å². The number of nitrogens with zero attached hydrogens (tertiary/aromatic N) is 3. The van der Waals surface area contributed by atoms with Crippen molar-refractivity contribution in [1.29, 1.82) is 0 Å². The van der Waals surface area contributed by atoms with Crippen molar-refractivity contribution in [3.05, 3.63) is 54.0 Å². The average molecular weight is 324 g/mol. The quantitative estimate of drug-likeness (QED) is 0.919. The number of piperidine rings is 1. The predicted molar refractivity (Wildman–Crippen MR) is 94.7 cm³/mol. The average Bonchev–Trinajstić information content (AvgIpc) is 2.61. The summed E-state index contributed by atoms with van der Waals surface area (Å²) in [5, 5.41) is 2.96. The zero-order chi connectivity index (χ0) is 16.8. The molecule has 3 heterocycles. The van der Waals surface area contributed by atoms with Gasteiger partial charge in [0.05, 0.1) is 5.92 Å². The molecule has 1 saturated heterocycles. The van der Waals surface area contributed by atoms with Gasteiger partial charge in [-0.2, -0.15) is 0 Å². The van der Waals surface area contributed by atoms with Crippen molar-refractivity contribution >= 4 is 11.7 Å². The summed E-state index contributed by atoms with van der Waals surface area (Å²) in [4.78, 5) is 23.6. The van der Waals surface area contributed by atoms with E-state index in [-0.39, 0.29) is 11.8 Å². The van der Waals surface area contributed by atoms with Crippen molar-refractivity contribution in [2.24, 2.45) is 5.92 Å². The SMILES string of the molecule is Cc1cccc(NC(=O)[C@H]2CCCN(CCc3ccccn3)C2)n1. The third kappa shape index (κ3) is 4.61. The molecule has 0 aliphatic carbocycles. The van der Waals surface area contributed by atoms with Crippen LogP contribution in [0.25, 0.3) is 0 Å². The predicted octanol–water partition coefficient (Wildman–Crippen LogP) is 2.68. The zero-order valence-corrected chi connectivity index (χ0v) is 14.1. The van der Waals surface area contributed by atoms with E-state index in [1.54, 1.807) is 0 Å². The van der Waals surface area contributed by atoms with Crippen LogP contribution in [0.1, 0.15) is 24.2 Å². The third-order valence-corrected chi connectivity index (χ3v) is 4.43. The Balaban J connectivity index is 1.52. The van der Waals surface area contributed by atoms with Gasteiger partial charge in [-0.25, -0.2) is 4.98 Å². The molecule has 0 bridgehead atoms. The second kappa shape index (κ2) is 8.02. The summed E-state index contributed by atoms with van der Waals surface area (Å²) >= 11 is 0. The summed E-state index contributed by atoms with van der Waals surface area (Å²) < 4.78 is 0. The molecular formula is C19H24N4O. The fourth-order valence-electron chi connectivity index (χ4n) is 3.13. The van der Waals surface area contributed by atoms with Gasteiger partial charge in [0.25, 0.3) is 0 Å². The molecule has 1 atom stereocenters. The number of aromatic nitrogens is 2. The van der Waals surface area contributed by atoms with Crippen molar-refractivity contribution < 1.29 is 4.79 Å². The summed E-state index contributed by atoms with van der Waals surface area (Å²) in [5.74, 6) is 0.756. The van der Waals surface area contributed by atoms with Gasteiger partial charge in [-0.15, -0.1) is 0 Å². The second-order valence-corrected chi connectivity index (χ2v) is 6.36. The van der Waals surface area contributed by atoms with Gasteiger partial charge in [-0.05, 0) is 50.6 Å². The van der Waals surface area contributed by atoms with Crippen molar-refractivity contribution in [2.45, 2.75) is 26.2 Å². The van der Waals surface area contributed by atoms with E-state index >= 15 is 0 Å². The van der Waals surface area contributed by atoms with Crippen LogP contribution in [0.5, 0.6) is 0 Å². The Bertz CT molecular complexity index is 674. The van der Waals surface area contributed by atoms with Crippen LogP contribution in [0.2, 0.25) is 0 Å². The Morgan fingerprint density at radius 2 is 2.21 bits per heavy atom. The van der Waals surface area contributed by atoms with Gasteiger partial charge in [0, 0.05) is 37.1 Å². The smallest absolute Gasteiger partial charge is 0.229 e. The van der Waals surface area contributed by atoms with Crippen molar-refractivity contribution in [1.82, 2.24) is 14.9 Å². The molecule has 5 heteroatoms. The van der Waals surface area contributed by atoms with E-state index in [2.05, 4.69) is 26.3 Å². The number of pyridine rings is 2. The number of rotatable bonds is 5. The molecule has 0 aromatic carbocycles. The van der Waals surface area contributed by atoms with E-state index in [9.17, 15) is 4.79 Å². The van der Waals surface area contributed by atoms with Crippen molar-refractivity contribution in [3.8, 4) is 0 Å². The summed E-state index contributed by atoms with van der Waals surface area (Å²) in [6.07, 6.45) is 4.75. The van der Waals surface area contributed by atoms with Crippen LogP contribution in [0, 0.1) is 12.8 Å². The minimum Gasteiger partial charge on any atom is -0.310 e. The van der Waals surface area contributed by atoms with Crippen LogP contribution in [-0.4, -0.2) is 40.4 Å². The molecule has 24 heavy (non-hydrogen) atoms. The number of nitrogens with one attached hydrogen (secondary N) is 1. The molecule has 5 nitrogen and oxygen atoms in total. The van der Waals surface area contributed by atoms with E-state index in [0.29, 0.717) is 5.82 Å². The highest BCUT2D eigenvalue weighted by Gasteiger charge is 2.25. The third-order valence-electron chi connectivity index (χ3n) is 4.43. The molecule has 0 saturated carbocycles. The molecule has 0 unspecified atom stereocenters. The highest BCUT2D eigenvalue weighted by molar-refractivity contribution is 5.91. The maximum Gasteiger partial charge on any atom is 0.229 e. The summed E-state index contributed by atoms with van der Waals surface area (Å²) in [6, 6.07) is 11.7. The number of hydrogen-bond acceptors (Lipinski definition) is 4. The number of carbonyl (C=O) groups is 1. The first kappa shape index (κ1) is 16.6. The first-order chi connectivity index (χ1) is 11.7. The van der Waals surface area contributed by atoms with Crippen molar-refractivity contribution in [3.63, 3.8) is 0 Å².